The van der Waals surface area contributed by atoms with Gasteiger partial charge in [0.25, 0.3) is 0 Å². The van der Waals surface area contributed by atoms with Crippen molar-refractivity contribution in [3.8, 4) is 0 Å². The van der Waals surface area contributed by atoms with E-state index in [9.17, 15) is 3.89 Å². The molecular weight excluding hydrogens is 314 g/mol. The van der Waals surface area contributed by atoms with E-state index in [2.05, 4.69) is 57.7 Å². The van der Waals surface area contributed by atoms with Gasteiger partial charge in [0.1, 0.15) is 17.2 Å². The highest BCUT2D eigenvalue weighted by atomic mass is 32.2. The number of rotatable bonds is 7. The fraction of sp³-hybridized carbons (Fsp3) is 0.353. The number of nitrogens with zero attached hydrogens (tertiary/aromatic N) is 1. The predicted octanol–water partition coefficient (Wildman–Crippen LogP) is 4.92. The first-order chi connectivity index (χ1) is 10.6. The van der Waals surface area contributed by atoms with E-state index >= 15 is 0 Å². The van der Waals surface area contributed by atoms with Crippen LogP contribution in [0.3, 0.4) is 0 Å². The van der Waals surface area contributed by atoms with E-state index < -0.39 is 0 Å². The molecule has 0 aliphatic heterocycles. The zero-order chi connectivity index (χ0) is 15.9. The standard InChI is InChI=1S/C17H22FN2PS/c1-12(2)9-13-3-5-14(6-4-13)11-20-17(21)15-7-8-19-16(10-15)22-18/h3-8,10,12,17,20H,9,11,21H2,1-2H3. The summed E-state index contributed by atoms with van der Waals surface area (Å²) < 4.78 is 12.6. The molecule has 0 saturated heterocycles. The maximum absolute atomic E-state index is 12.6. The van der Waals surface area contributed by atoms with E-state index in [0.29, 0.717) is 10.9 Å². The molecule has 0 fully saturated rings. The second-order valence-corrected chi connectivity index (χ2v) is 7.02. The van der Waals surface area contributed by atoms with Gasteiger partial charge in [-0.25, -0.2) is 4.98 Å². The molecule has 2 aromatic rings. The SMILES string of the molecule is CC(C)Cc1ccc(CNC(P)c2ccnc(SF)c2)cc1. The average molecular weight is 336 g/mol. The van der Waals surface area contributed by atoms with Gasteiger partial charge in [0.2, 0.25) is 0 Å². The van der Waals surface area contributed by atoms with Crippen molar-refractivity contribution < 1.29 is 3.89 Å². The Bertz CT molecular complexity index is 589. The summed E-state index contributed by atoms with van der Waals surface area (Å²) >= 11 is 0.173. The number of aromatic nitrogens is 1. The van der Waals surface area contributed by atoms with Crippen molar-refractivity contribution in [1.82, 2.24) is 10.3 Å². The molecule has 2 unspecified atom stereocenters. The molecule has 2 rings (SSSR count). The molecule has 2 atom stereocenters. The number of pyridine rings is 1. The Morgan fingerprint density at radius 2 is 1.86 bits per heavy atom. The number of hydrogen-bond acceptors (Lipinski definition) is 3. The molecular formula is C17H22FN2PS. The van der Waals surface area contributed by atoms with Crippen LogP contribution in [0.5, 0.6) is 0 Å². The van der Waals surface area contributed by atoms with Crippen LogP contribution < -0.4 is 5.32 Å². The van der Waals surface area contributed by atoms with Crippen molar-refractivity contribution >= 4 is 21.4 Å². The van der Waals surface area contributed by atoms with Gasteiger partial charge < -0.3 is 5.32 Å². The molecule has 1 aromatic carbocycles. The summed E-state index contributed by atoms with van der Waals surface area (Å²) in [6.07, 6.45) is 2.75. The first-order valence-corrected chi connectivity index (χ1v) is 8.78. The minimum Gasteiger partial charge on any atom is -0.303 e. The average Bonchev–Trinajstić information content (AvgIpc) is 2.53. The van der Waals surface area contributed by atoms with Gasteiger partial charge in [-0.1, -0.05) is 38.1 Å². The monoisotopic (exact) mass is 336 g/mol. The summed E-state index contributed by atoms with van der Waals surface area (Å²) in [6.45, 7) is 5.23. The largest absolute Gasteiger partial charge is 0.303 e. The van der Waals surface area contributed by atoms with E-state index in [-0.39, 0.29) is 17.9 Å². The summed E-state index contributed by atoms with van der Waals surface area (Å²) in [7, 11) is 2.75. The predicted molar refractivity (Wildman–Crippen MR) is 95.5 cm³/mol. The molecule has 22 heavy (non-hydrogen) atoms. The highest BCUT2D eigenvalue weighted by molar-refractivity contribution is 7.94. The van der Waals surface area contributed by atoms with Gasteiger partial charge in [-0.05, 0) is 41.2 Å². The van der Waals surface area contributed by atoms with Crippen molar-refractivity contribution in [3.05, 3.63) is 59.3 Å². The van der Waals surface area contributed by atoms with Crippen molar-refractivity contribution in [3.63, 3.8) is 0 Å². The highest BCUT2D eigenvalue weighted by Crippen LogP contribution is 2.24. The van der Waals surface area contributed by atoms with Gasteiger partial charge in [-0.2, -0.15) is 3.89 Å². The molecule has 118 valence electrons. The van der Waals surface area contributed by atoms with Crippen LogP contribution in [0.25, 0.3) is 0 Å². The maximum Gasteiger partial charge on any atom is 0.129 e. The van der Waals surface area contributed by atoms with Crippen LogP contribution in [-0.2, 0) is 13.0 Å². The summed E-state index contributed by atoms with van der Waals surface area (Å²) in [5.41, 5.74) is 3.63. The molecule has 2 nitrogen and oxygen atoms in total. The van der Waals surface area contributed by atoms with Crippen LogP contribution in [0.2, 0.25) is 0 Å². The Labute approximate surface area is 138 Å². The Morgan fingerprint density at radius 1 is 1.18 bits per heavy atom. The Balaban J connectivity index is 1.91. The van der Waals surface area contributed by atoms with Crippen LogP contribution >= 0.6 is 21.4 Å². The van der Waals surface area contributed by atoms with Gasteiger partial charge in [-0.15, -0.1) is 9.24 Å². The smallest absolute Gasteiger partial charge is 0.129 e. The number of halogens is 1. The second-order valence-electron chi connectivity index (χ2n) is 5.78. The third kappa shape index (κ3) is 5.35. The fourth-order valence-corrected chi connectivity index (χ4v) is 2.88. The van der Waals surface area contributed by atoms with Gasteiger partial charge in [0, 0.05) is 18.5 Å². The first-order valence-electron chi connectivity index (χ1n) is 7.40. The van der Waals surface area contributed by atoms with Crippen molar-refractivity contribution in [1.29, 1.82) is 0 Å². The molecule has 0 spiro atoms. The highest BCUT2D eigenvalue weighted by Gasteiger charge is 2.07. The Kier molecular flexibility index (Phi) is 6.81. The molecule has 1 aromatic heterocycles. The first kappa shape index (κ1) is 17.4. The van der Waals surface area contributed by atoms with Gasteiger partial charge in [0.05, 0.1) is 0 Å². The summed E-state index contributed by atoms with van der Waals surface area (Å²) in [5.74, 6) is 0.749. The lowest BCUT2D eigenvalue weighted by Gasteiger charge is -2.15. The molecule has 0 bridgehead atoms. The third-order valence-electron chi connectivity index (χ3n) is 3.39. The van der Waals surface area contributed by atoms with Crippen molar-refractivity contribution in [2.24, 2.45) is 5.92 Å². The van der Waals surface area contributed by atoms with E-state index in [1.54, 1.807) is 12.3 Å². The van der Waals surface area contributed by atoms with Crippen molar-refractivity contribution in [2.75, 3.05) is 0 Å². The lowest BCUT2D eigenvalue weighted by molar-refractivity contribution is 0.645. The quantitative estimate of drug-likeness (QED) is 0.727. The zero-order valence-corrected chi connectivity index (χ0v) is 14.9. The number of hydrogen-bond donors (Lipinski definition) is 1. The van der Waals surface area contributed by atoms with Crippen LogP contribution in [0.15, 0.2) is 47.6 Å². The van der Waals surface area contributed by atoms with E-state index in [1.807, 2.05) is 6.07 Å². The Morgan fingerprint density at radius 3 is 2.50 bits per heavy atom. The molecule has 0 aliphatic rings. The van der Waals surface area contributed by atoms with Crippen LogP contribution in [0.1, 0.15) is 36.3 Å². The minimum atomic E-state index is 0.0734. The molecule has 1 N–H and O–H groups in total. The molecule has 0 radical (unpaired) electrons. The van der Waals surface area contributed by atoms with Gasteiger partial charge >= 0.3 is 0 Å². The third-order valence-corrected chi connectivity index (χ3v) is 4.39. The van der Waals surface area contributed by atoms with E-state index in [1.165, 1.54) is 11.1 Å². The normalized spacial score (nSPS) is 12.6. The topological polar surface area (TPSA) is 24.9 Å². The molecule has 5 heteroatoms. The summed E-state index contributed by atoms with van der Waals surface area (Å²) in [5, 5.41) is 3.82. The van der Waals surface area contributed by atoms with Gasteiger partial charge in [0.15, 0.2) is 0 Å². The van der Waals surface area contributed by atoms with Crippen LogP contribution in [0, 0.1) is 5.92 Å². The zero-order valence-electron chi connectivity index (χ0n) is 12.9. The fourth-order valence-electron chi connectivity index (χ4n) is 2.27. The van der Waals surface area contributed by atoms with Crippen molar-refractivity contribution in [2.45, 2.75) is 37.6 Å². The van der Waals surface area contributed by atoms with Crippen LogP contribution in [0.4, 0.5) is 3.89 Å². The minimum absolute atomic E-state index is 0.0734. The molecule has 1 heterocycles. The summed E-state index contributed by atoms with van der Waals surface area (Å²) in [4.78, 5) is 3.94. The molecule has 0 amide bonds. The lowest BCUT2D eigenvalue weighted by atomic mass is 10.0. The Hall–Kier alpha value is -0.960. The van der Waals surface area contributed by atoms with Gasteiger partial charge in [-0.3, -0.25) is 0 Å². The number of benzene rings is 1. The summed E-state index contributed by atoms with van der Waals surface area (Å²) in [6, 6.07) is 12.4. The maximum atomic E-state index is 12.6. The number of nitrogens with one attached hydrogen (secondary N) is 1. The second kappa shape index (κ2) is 8.61. The van der Waals surface area contributed by atoms with E-state index in [4.69, 9.17) is 0 Å². The molecule has 0 aliphatic carbocycles. The van der Waals surface area contributed by atoms with E-state index in [0.717, 1.165) is 18.5 Å². The lowest BCUT2D eigenvalue weighted by Crippen LogP contribution is -2.16. The van der Waals surface area contributed by atoms with Crippen LogP contribution in [-0.4, -0.2) is 4.98 Å². The molecule has 0 saturated carbocycles.